The quantitative estimate of drug-likeness (QED) is 0.905. The summed E-state index contributed by atoms with van der Waals surface area (Å²) in [4.78, 5) is 25.3. The van der Waals surface area contributed by atoms with Crippen molar-refractivity contribution in [1.29, 1.82) is 0 Å². The minimum absolute atomic E-state index is 0.0988. The molecule has 1 atom stereocenters. The zero-order chi connectivity index (χ0) is 19.1. The van der Waals surface area contributed by atoms with Gasteiger partial charge in [-0.1, -0.05) is 12.1 Å². The molecule has 26 heavy (non-hydrogen) atoms. The third-order valence-corrected chi connectivity index (χ3v) is 4.97. The summed E-state index contributed by atoms with van der Waals surface area (Å²) < 4.78 is 27.8. The Bertz CT molecular complexity index is 897. The number of aliphatic carboxylic acids is 1. The van der Waals surface area contributed by atoms with Gasteiger partial charge in [-0.3, -0.25) is 9.59 Å². The van der Waals surface area contributed by atoms with Crippen LogP contribution in [0, 0.1) is 24.0 Å². The van der Waals surface area contributed by atoms with Gasteiger partial charge in [0, 0.05) is 24.2 Å². The molecule has 2 aromatic carbocycles. The summed E-state index contributed by atoms with van der Waals surface area (Å²) in [6.07, 6.45) is 0.364. The molecule has 1 aliphatic rings. The molecule has 0 bridgehead atoms. The van der Waals surface area contributed by atoms with E-state index < -0.39 is 28.9 Å². The largest absolute Gasteiger partial charge is 0.481 e. The van der Waals surface area contributed by atoms with Crippen molar-refractivity contribution >= 4 is 11.9 Å². The molecule has 1 unspecified atom stereocenters. The fraction of sp³-hybridized carbons (Fsp3) is 0.300. The lowest BCUT2D eigenvalue weighted by atomic mass is 9.90. The summed E-state index contributed by atoms with van der Waals surface area (Å²) in [6, 6.07) is 8.25. The number of aryl methyl sites for hydroxylation is 1. The molecular formula is C20H19F2NO3. The number of carboxylic acid groups (broad SMARTS) is 1. The molecule has 2 aromatic rings. The standard InChI is InChI=1S/C20H19F2NO3/c1-12-9-14(21)4-6-15(12)16-5-3-13(10-17(16)22)18(24)23-8-7-20(2,11-23)19(25)26/h3-6,9-10H,7-8,11H2,1-2H3,(H,25,26). The topological polar surface area (TPSA) is 57.6 Å². The number of hydrogen-bond donors (Lipinski definition) is 1. The number of benzene rings is 2. The van der Waals surface area contributed by atoms with E-state index in [1.165, 1.54) is 35.2 Å². The van der Waals surface area contributed by atoms with Gasteiger partial charge in [0.1, 0.15) is 11.6 Å². The number of nitrogens with zero attached hydrogens (tertiary/aromatic N) is 1. The van der Waals surface area contributed by atoms with Crippen LogP contribution in [0.2, 0.25) is 0 Å². The molecule has 0 aliphatic carbocycles. The van der Waals surface area contributed by atoms with Crippen LogP contribution in [0.4, 0.5) is 8.78 Å². The van der Waals surface area contributed by atoms with Crippen LogP contribution in [-0.2, 0) is 4.79 Å². The monoisotopic (exact) mass is 359 g/mol. The van der Waals surface area contributed by atoms with Crippen molar-refractivity contribution in [2.45, 2.75) is 20.3 Å². The van der Waals surface area contributed by atoms with Gasteiger partial charge >= 0.3 is 5.97 Å². The van der Waals surface area contributed by atoms with Crippen molar-refractivity contribution in [3.8, 4) is 11.1 Å². The third kappa shape index (κ3) is 3.19. The van der Waals surface area contributed by atoms with E-state index in [0.29, 0.717) is 24.1 Å². The smallest absolute Gasteiger partial charge is 0.311 e. The minimum Gasteiger partial charge on any atom is -0.481 e. The molecule has 0 spiro atoms. The van der Waals surface area contributed by atoms with Crippen molar-refractivity contribution in [1.82, 2.24) is 4.90 Å². The first-order valence-corrected chi connectivity index (χ1v) is 8.30. The highest BCUT2D eigenvalue weighted by Crippen LogP contribution is 2.32. The average molecular weight is 359 g/mol. The first-order chi connectivity index (χ1) is 12.2. The fourth-order valence-electron chi connectivity index (χ4n) is 3.29. The molecule has 1 fully saturated rings. The molecule has 1 saturated heterocycles. The van der Waals surface area contributed by atoms with E-state index >= 15 is 0 Å². The molecule has 1 N–H and O–H groups in total. The van der Waals surface area contributed by atoms with Crippen LogP contribution in [0.5, 0.6) is 0 Å². The van der Waals surface area contributed by atoms with Crippen LogP contribution in [-0.4, -0.2) is 35.0 Å². The Kier molecular flexibility index (Phi) is 4.52. The minimum atomic E-state index is -0.973. The fourth-order valence-corrected chi connectivity index (χ4v) is 3.29. The maximum atomic E-state index is 14.6. The van der Waals surface area contributed by atoms with E-state index in [-0.39, 0.29) is 17.7 Å². The first kappa shape index (κ1) is 18.0. The van der Waals surface area contributed by atoms with Gasteiger partial charge in [0.15, 0.2) is 0 Å². The van der Waals surface area contributed by atoms with E-state index in [1.807, 2.05) is 0 Å². The lowest BCUT2D eigenvalue weighted by Crippen LogP contribution is -2.34. The Morgan fingerprint density at radius 1 is 1.12 bits per heavy atom. The predicted octanol–water partition coefficient (Wildman–Crippen LogP) is 3.88. The molecule has 0 saturated carbocycles. The van der Waals surface area contributed by atoms with Crippen molar-refractivity contribution < 1.29 is 23.5 Å². The Morgan fingerprint density at radius 3 is 2.38 bits per heavy atom. The van der Waals surface area contributed by atoms with Gasteiger partial charge in [0.05, 0.1) is 5.41 Å². The Labute approximate surface area is 150 Å². The Hall–Kier alpha value is -2.76. The molecule has 136 valence electrons. The third-order valence-electron chi connectivity index (χ3n) is 4.97. The number of rotatable bonds is 3. The van der Waals surface area contributed by atoms with Crippen LogP contribution in [0.1, 0.15) is 29.3 Å². The molecule has 0 aromatic heterocycles. The zero-order valence-corrected chi connectivity index (χ0v) is 14.6. The summed E-state index contributed by atoms with van der Waals surface area (Å²) in [5.41, 5.74) is 0.637. The van der Waals surface area contributed by atoms with Gasteiger partial charge in [0.2, 0.25) is 0 Å². The van der Waals surface area contributed by atoms with Gasteiger partial charge in [0.25, 0.3) is 5.91 Å². The van der Waals surface area contributed by atoms with Crippen molar-refractivity contribution in [2.75, 3.05) is 13.1 Å². The van der Waals surface area contributed by atoms with E-state index in [4.69, 9.17) is 0 Å². The second-order valence-electron chi connectivity index (χ2n) is 7.00. The molecule has 3 rings (SSSR count). The zero-order valence-electron chi connectivity index (χ0n) is 14.6. The maximum absolute atomic E-state index is 14.6. The van der Waals surface area contributed by atoms with Gasteiger partial charge < -0.3 is 10.0 Å². The van der Waals surface area contributed by atoms with Crippen molar-refractivity contribution in [3.05, 3.63) is 59.2 Å². The van der Waals surface area contributed by atoms with Crippen molar-refractivity contribution in [3.63, 3.8) is 0 Å². The average Bonchev–Trinajstić information content (AvgIpc) is 2.99. The molecule has 1 amide bonds. The van der Waals surface area contributed by atoms with Gasteiger partial charge in [-0.05, 0) is 55.7 Å². The lowest BCUT2D eigenvalue weighted by Gasteiger charge is -2.20. The molecule has 1 heterocycles. The highest BCUT2D eigenvalue weighted by Gasteiger charge is 2.42. The number of hydrogen-bond acceptors (Lipinski definition) is 2. The predicted molar refractivity (Wildman–Crippen MR) is 92.8 cm³/mol. The normalized spacial score (nSPS) is 19.6. The van der Waals surface area contributed by atoms with Crippen LogP contribution < -0.4 is 0 Å². The van der Waals surface area contributed by atoms with Crippen LogP contribution in [0.15, 0.2) is 36.4 Å². The number of amides is 1. The number of carboxylic acids is 1. The summed E-state index contributed by atoms with van der Waals surface area (Å²) >= 11 is 0. The summed E-state index contributed by atoms with van der Waals surface area (Å²) in [6.45, 7) is 3.71. The molecule has 1 aliphatic heterocycles. The molecule has 4 nitrogen and oxygen atoms in total. The number of likely N-dealkylation sites (tertiary alicyclic amines) is 1. The second kappa shape index (κ2) is 6.52. The number of carbonyl (C=O) groups excluding carboxylic acids is 1. The maximum Gasteiger partial charge on any atom is 0.311 e. The highest BCUT2D eigenvalue weighted by molar-refractivity contribution is 5.95. The lowest BCUT2D eigenvalue weighted by molar-refractivity contribution is -0.147. The van der Waals surface area contributed by atoms with Gasteiger partial charge in [-0.25, -0.2) is 8.78 Å². The molecular weight excluding hydrogens is 340 g/mol. The van der Waals surface area contributed by atoms with Crippen LogP contribution in [0.25, 0.3) is 11.1 Å². The summed E-state index contributed by atoms with van der Waals surface area (Å²) in [7, 11) is 0. The summed E-state index contributed by atoms with van der Waals surface area (Å²) in [5, 5.41) is 9.27. The molecule has 6 heteroatoms. The van der Waals surface area contributed by atoms with E-state index in [1.54, 1.807) is 13.8 Å². The van der Waals surface area contributed by atoms with Crippen molar-refractivity contribution in [2.24, 2.45) is 5.41 Å². The van der Waals surface area contributed by atoms with Gasteiger partial charge in [-0.2, -0.15) is 0 Å². The second-order valence-corrected chi connectivity index (χ2v) is 7.00. The van der Waals surface area contributed by atoms with Gasteiger partial charge in [-0.15, -0.1) is 0 Å². The SMILES string of the molecule is Cc1cc(F)ccc1-c1ccc(C(=O)N2CCC(C)(C(=O)O)C2)cc1F. The molecule has 0 radical (unpaired) electrons. The van der Waals surface area contributed by atoms with E-state index in [9.17, 15) is 23.5 Å². The van der Waals surface area contributed by atoms with Crippen LogP contribution >= 0.6 is 0 Å². The Morgan fingerprint density at radius 2 is 1.81 bits per heavy atom. The van der Waals surface area contributed by atoms with Crippen LogP contribution in [0.3, 0.4) is 0 Å². The highest BCUT2D eigenvalue weighted by atomic mass is 19.1. The first-order valence-electron chi connectivity index (χ1n) is 8.30. The Balaban J connectivity index is 1.86. The number of carbonyl (C=O) groups is 2. The van der Waals surface area contributed by atoms with E-state index in [0.717, 1.165) is 6.07 Å². The summed E-state index contributed by atoms with van der Waals surface area (Å²) in [5.74, 6) is -2.31. The van der Waals surface area contributed by atoms with E-state index in [2.05, 4.69) is 0 Å². The number of halogens is 2.